The van der Waals surface area contributed by atoms with Crippen molar-refractivity contribution in [1.82, 2.24) is 9.55 Å². The van der Waals surface area contributed by atoms with Crippen LogP contribution >= 0.6 is 11.8 Å². The molecule has 106 valence electrons. The van der Waals surface area contributed by atoms with Crippen molar-refractivity contribution in [3.8, 4) is 0 Å². The van der Waals surface area contributed by atoms with Gasteiger partial charge in [0.25, 0.3) is 0 Å². The van der Waals surface area contributed by atoms with Crippen LogP contribution < -0.4 is 5.73 Å². The van der Waals surface area contributed by atoms with Gasteiger partial charge < -0.3 is 15.0 Å². The van der Waals surface area contributed by atoms with E-state index in [0.29, 0.717) is 24.0 Å². The molecule has 0 radical (unpaired) electrons. The van der Waals surface area contributed by atoms with Gasteiger partial charge in [-0.25, -0.2) is 9.78 Å². The summed E-state index contributed by atoms with van der Waals surface area (Å²) in [4.78, 5) is 16.3. The van der Waals surface area contributed by atoms with Crippen molar-refractivity contribution in [1.29, 1.82) is 0 Å². The lowest BCUT2D eigenvalue weighted by molar-refractivity contribution is 0.0514. The molecule has 0 aliphatic heterocycles. The Morgan fingerprint density at radius 2 is 2.10 bits per heavy atom. The van der Waals surface area contributed by atoms with Crippen LogP contribution in [0.15, 0.2) is 35.5 Å². The molecular formula is C14H17N3O2S. The summed E-state index contributed by atoms with van der Waals surface area (Å²) in [5.41, 5.74) is 7.25. The van der Waals surface area contributed by atoms with E-state index in [4.69, 9.17) is 10.5 Å². The Labute approximate surface area is 122 Å². The predicted octanol–water partition coefficient (Wildman–Crippen LogP) is 2.41. The fraction of sp³-hybridized carbons (Fsp3) is 0.286. The molecule has 0 atom stereocenters. The summed E-state index contributed by atoms with van der Waals surface area (Å²) in [6.07, 6.45) is 1.90. The van der Waals surface area contributed by atoms with Gasteiger partial charge in [0.15, 0.2) is 16.7 Å². The number of nitrogen functional groups attached to an aromatic ring is 1. The highest BCUT2D eigenvalue weighted by Gasteiger charge is 2.22. The first-order valence-corrected chi connectivity index (χ1v) is 7.50. The highest BCUT2D eigenvalue weighted by molar-refractivity contribution is 7.98. The molecule has 6 heteroatoms. The molecule has 0 fully saturated rings. The van der Waals surface area contributed by atoms with Gasteiger partial charge in [0.1, 0.15) is 0 Å². The number of ether oxygens (including phenoxy) is 1. The molecule has 0 aliphatic carbocycles. The average molecular weight is 291 g/mol. The van der Waals surface area contributed by atoms with E-state index in [-0.39, 0.29) is 5.82 Å². The first-order chi connectivity index (χ1) is 9.67. The highest BCUT2D eigenvalue weighted by Crippen LogP contribution is 2.23. The Balaban J connectivity index is 2.41. The first kappa shape index (κ1) is 14.5. The molecule has 2 aromatic rings. The number of esters is 1. The van der Waals surface area contributed by atoms with Crippen LogP contribution in [0.3, 0.4) is 0 Å². The minimum Gasteiger partial charge on any atom is -0.461 e. The number of benzene rings is 1. The number of nitrogens with two attached hydrogens (primary N) is 1. The molecule has 0 amide bonds. The number of carbonyl (C=O) groups excluding carboxylic acids is 1. The molecule has 2 N–H and O–H groups in total. The number of hydrogen-bond acceptors (Lipinski definition) is 5. The number of rotatable bonds is 5. The minimum absolute atomic E-state index is 0.212. The molecule has 1 heterocycles. The molecule has 20 heavy (non-hydrogen) atoms. The average Bonchev–Trinajstić information content (AvgIpc) is 2.76. The quantitative estimate of drug-likeness (QED) is 0.676. The molecular weight excluding hydrogens is 274 g/mol. The number of imidazole rings is 1. The maximum Gasteiger partial charge on any atom is 0.358 e. The maximum absolute atomic E-state index is 12.0. The molecule has 0 bridgehead atoms. The van der Waals surface area contributed by atoms with Crippen LogP contribution in [0.2, 0.25) is 0 Å². The van der Waals surface area contributed by atoms with E-state index < -0.39 is 5.97 Å². The van der Waals surface area contributed by atoms with E-state index >= 15 is 0 Å². The summed E-state index contributed by atoms with van der Waals surface area (Å²) in [5, 5.41) is 0.703. The molecule has 2 rings (SSSR count). The third kappa shape index (κ3) is 2.96. The lowest BCUT2D eigenvalue weighted by Gasteiger charge is -2.10. The fourth-order valence-electron chi connectivity index (χ4n) is 1.93. The van der Waals surface area contributed by atoms with Crippen LogP contribution in [0.25, 0.3) is 0 Å². The smallest absolute Gasteiger partial charge is 0.358 e. The zero-order chi connectivity index (χ0) is 14.5. The Morgan fingerprint density at radius 1 is 1.40 bits per heavy atom. The van der Waals surface area contributed by atoms with E-state index in [9.17, 15) is 4.79 Å². The first-order valence-electron chi connectivity index (χ1n) is 6.28. The number of anilines is 1. The summed E-state index contributed by atoms with van der Waals surface area (Å²) < 4.78 is 6.85. The van der Waals surface area contributed by atoms with Crippen LogP contribution in [0.5, 0.6) is 0 Å². The number of carbonyl (C=O) groups is 1. The van der Waals surface area contributed by atoms with Crippen molar-refractivity contribution in [2.75, 3.05) is 18.6 Å². The van der Waals surface area contributed by atoms with Gasteiger partial charge in [-0.05, 0) is 18.7 Å². The summed E-state index contributed by atoms with van der Waals surface area (Å²) >= 11 is 1.45. The molecule has 0 saturated heterocycles. The predicted molar refractivity (Wildman–Crippen MR) is 79.9 cm³/mol. The van der Waals surface area contributed by atoms with Gasteiger partial charge in [-0.1, -0.05) is 42.1 Å². The van der Waals surface area contributed by atoms with Crippen molar-refractivity contribution in [3.05, 3.63) is 41.6 Å². The zero-order valence-electron chi connectivity index (χ0n) is 11.5. The van der Waals surface area contributed by atoms with Crippen molar-refractivity contribution in [2.24, 2.45) is 0 Å². The fourth-order valence-corrected chi connectivity index (χ4v) is 2.50. The second kappa shape index (κ2) is 6.47. The number of nitrogens with zero attached hydrogens (tertiary/aromatic N) is 2. The highest BCUT2D eigenvalue weighted by atomic mass is 32.2. The van der Waals surface area contributed by atoms with E-state index in [0.717, 1.165) is 5.56 Å². The van der Waals surface area contributed by atoms with Gasteiger partial charge in [-0.15, -0.1) is 0 Å². The SMILES string of the molecule is CCOC(=O)c1c(N)nc(SC)n1Cc1ccccc1. The minimum atomic E-state index is -0.436. The molecule has 0 aliphatic rings. The van der Waals surface area contributed by atoms with E-state index in [1.54, 1.807) is 11.5 Å². The maximum atomic E-state index is 12.0. The monoisotopic (exact) mass is 291 g/mol. The van der Waals surface area contributed by atoms with Gasteiger partial charge in [0.05, 0.1) is 13.2 Å². The second-order valence-corrected chi connectivity index (χ2v) is 4.90. The second-order valence-electron chi connectivity index (χ2n) is 4.12. The van der Waals surface area contributed by atoms with Crippen molar-refractivity contribution >= 4 is 23.5 Å². The van der Waals surface area contributed by atoms with Gasteiger partial charge in [0.2, 0.25) is 0 Å². The van der Waals surface area contributed by atoms with E-state index in [1.807, 2.05) is 36.6 Å². The largest absolute Gasteiger partial charge is 0.461 e. The lowest BCUT2D eigenvalue weighted by Crippen LogP contribution is -2.15. The Kier molecular flexibility index (Phi) is 4.68. The Morgan fingerprint density at radius 3 is 2.70 bits per heavy atom. The Hall–Kier alpha value is -1.95. The van der Waals surface area contributed by atoms with Crippen LogP contribution in [0.4, 0.5) is 5.82 Å². The third-order valence-corrected chi connectivity index (χ3v) is 3.47. The van der Waals surface area contributed by atoms with E-state index in [2.05, 4.69) is 4.98 Å². The summed E-state index contributed by atoms with van der Waals surface area (Å²) in [7, 11) is 0. The molecule has 5 nitrogen and oxygen atoms in total. The molecule has 1 aromatic carbocycles. The van der Waals surface area contributed by atoms with Gasteiger partial charge >= 0.3 is 5.97 Å². The van der Waals surface area contributed by atoms with Gasteiger partial charge in [0, 0.05) is 0 Å². The van der Waals surface area contributed by atoms with Gasteiger partial charge in [-0.2, -0.15) is 0 Å². The topological polar surface area (TPSA) is 70.1 Å². The van der Waals surface area contributed by atoms with Gasteiger partial charge in [-0.3, -0.25) is 0 Å². The number of thioether (sulfide) groups is 1. The molecule has 0 unspecified atom stereocenters. The third-order valence-electron chi connectivity index (χ3n) is 2.79. The molecule has 1 aromatic heterocycles. The lowest BCUT2D eigenvalue weighted by atomic mass is 10.2. The normalized spacial score (nSPS) is 10.5. The molecule has 0 saturated carbocycles. The summed E-state index contributed by atoms with van der Waals surface area (Å²) in [5.74, 6) is -0.225. The number of hydrogen-bond donors (Lipinski definition) is 1. The van der Waals surface area contributed by atoms with Crippen LogP contribution in [-0.2, 0) is 11.3 Å². The van der Waals surface area contributed by atoms with Crippen LogP contribution in [-0.4, -0.2) is 28.4 Å². The molecule has 0 spiro atoms. The Bertz CT molecular complexity index is 596. The summed E-state index contributed by atoms with van der Waals surface area (Å²) in [6, 6.07) is 9.86. The zero-order valence-corrected chi connectivity index (χ0v) is 12.3. The van der Waals surface area contributed by atoms with Crippen LogP contribution in [0.1, 0.15) is 23.0 Å². The summed E-state index contributed by atoms with van der Waals surface area (Å²) in [6.45, 7) is 2.61. The number of aromatic nitrogens is 2. The van der Waals surface area contributed by atoms with Crippen LogP contribution in [0, 0.1) is 0 Å². The van der Waals surface area contributed by atoms with Crippen molar-refractivity contribution < 1.29 is 9.53 Å². The van der Waals surface area contributed by atoms with Crippen molar-refractivity contribution in [2.45, 2.75) is 18.6 Å². The van der Waals surface area contributed by atoms with Crippen molar-refractivity contribution in [3.63, 3.8) is 0 Å². The standard InChI is InChI=1S/C14H17N3O2S/c1-3-19-13(18)11-12(15)16-14(20-2)17(11)9-10-7-5-4-6-8-10/h4-8H,3,9,15H2,1-2H3. The van der Waals surface area contributed by atoms with E-state index in [1.165, 1.54) is 11.8 Å².